The van der Waals surface area contributed by atoms with Gasteiger partial charge in [-0.2, -0.15) is 13.2 Å². The van der Waals surface area contributed by atoms with Crippen LogP contribution in [-0.4, -0.2) is 13.1 Å². The zero-order valence-electron chi connectivity index (χ0n) is 14.1. The van der Waals surface area contributed by atoms with Gasteiger partial charge in [0.1, 0.15) is 0 Å². The second-order valence-corrected chi connectivity index (χ2v) is 7.43. The molecule has 22 heavy (non-hydrogen) atoms. The van der Waals surface area contributed by atoms with Crippen LogP contribution in [0.3, 0.4) is 0 Å². The molecule has 124 valence electrons. The van der Waals surface area contributed by atoms with Gasteiger partial charge < -0.3 is 4.74 Å². The van der Waals surface area contributed by atoms with Crippen LogP contribution in [0.2, 0.25) is 0 Å². The monoisotopic (exact) mass is 316 g/mol. The number of esters is 1. The third kappa shape index (κ3) is 3.81. The first-order chi connectivity index (χ1) is 9.69. The summed E-state index contributed by atoms with van der Waals surface area (Å²) in [7, 11) is 1.17. The van der Waals surface area contributed by atoms with E-state index in [-0.39, 0.29) is 11.1 Å². The third-order valence-corrected chi connectivity index (χ3v) is 3.48. The van der Waals surface area contributed by atoms with Gasteiger partial charge in [0.05, 0.1) is 18.2 Å². The molecule has 0 fully saturated rings. The molecule has 0 saturated carbocycles. The lowest BCUT2D eigenvalue weighted by Gasteiger charge is -2.30. The second-order valence-electron chi connectivity index (χ2n) is 7.43. The molecule has 1 rings (SSSR count). The Morgan fingerprint density at radius 3 is 1.64 bits per heavy atom. The molecule has 1 aromatic carbocycles. The van der Waals surface area contributed by atoms with Gasteiger partial charge in [0.15, 0.2) is 0 Å². The number of carbonyl (C=O) groups excluding carboxylic acids is 1. The van der Waals surface area contributed by atoms with E-state index in [1.807, 2.05) is 20.8 Å². The Morgan fingerprint density at radius 2 is 1.32 bits per heavy atom. The lowest BCUT2D eigenvalue weighted by molar-refractivity contribution is -0.138. The number of hydrogen-bond donors (Lipinski definition) is 0. The van der Waals surface area contributed by atoms with Crippen LogP contribution < -0.4 is 0 Å². The van der Waals surface area contributed by atoms with Crippen molar-refractivity contribution in [3.63, 3.8) is 0 Å². The minimum atomic E-state index is -4.53. The maximum Gasteiger partial charge on any atom is 0.416 e. The molecular weight excluding hydrogens is 293 g/mol. The number of benzene rings is 1. The minimum Gasteiger partial charge on any atom is -0.465 e. The minimum absolute atomic E-state index is 0.0321. The van der Waals surface area contributed by atoms with Crippen molar-refractivity contribution in [1.29, 1.82) is 0 Å². The number of ether oxygens (including phenoxy) is 1. The van der Waals surface area contributed by atoms with Gasteiger partial charge in [0.25, 0.3) is 0 Å². The fourth-order valence-electron chi connectivity index (χ4n) is 2.35. The predicted octanol–water partition coefficient (Wildman–Crippen LogP) is 5.09. The van der Waals surface area contributed by atoms with Gasteiger partial charge in [0.2, 0.25) is 0 Å². The van der Waals surface area contributed by atoms with Crippen LogP contribution in [0.1, 0.15) is 68.6 Å². The lowest BCUT2D eigenvalue weighted by atomic mass is 9.76. The number of hydrogen-bond acceptors (Lipinski definition) is 2. The zero-order chi connectivity index (χ0) is 17.5. The smallest absolute Gasteiger partial charge is 0.416 e. The van der Waals surface area contributed by atoms with Crippen LogP contribution in [0.15, 0.2) is 12.1 Å². The highest BCUT2D eigenvalue weighted by Gasteiger charge is 2.39. The second kappa shape index (κ2) is 5.60. The van der Waals surface area contributed by atoms with Gasteiger partial charge in [-0.05, 0) is 28.0 Å². The van der Waals surface area contributed by atoms with Crippen LogP contribution in [0.25, 0.3) is 0 Å². The first-order valence-corrected chi connectivity index (χ1v) is 7.04. The van der Waals surface area contributed by atoms with Crippen molar-refractivity contribution in [2.24, 2.45) is 0 Å². The molecule has 1 aromatic rings. The SMILES string of the molecule is COC(=O)c1cc(C(F)(F)F)c(C(C)(C)C)cc1C(C)(C)C. The topological polar surface area (TPSA) is 26.3 Å². The van der Waals surface area contributed by atoms with Gasteiger partial charge in [-0.1, -0.05) is 47.6 Å². The normalized spacial score (nSPS) is 13.2. The molecule has 5 heteroatoms. The van der Waals surface area contributed by atoms with Crippen LogP contribution in [0, 0.1) is 0 Å². The summed E-state index contributed by atoms with van der Waals surface area (Å²) in [4.78, 5) is 11.9. The molecule has 0 N–H and O–H groups in total. The number of methoxy groups -OCH3 is 1. The van der Waals surface area contributed by atoms with Gasteiger partial charge in [-0.25, -0.2) is 4.79 Å². The highest BCUT2D eigenvalue weighted by atomic mass is 19.4. The molecule has 0 unspecified atom stereocenters. The van der Waals surface area contributed by atoms with Gasteiger partial charge >= 0.3 is 12.1 Å². The Bertz CT molecular complexity index is 573. The summed E-state index contributed by atoms with van der Waals surface area (Å²) in [5.74, 6) is -0.754. The molecule has 0 amide bonds. The van der Waals surface area contributed by atoms with E-state index >= 15 is 0 Å². The summed E-state index contributed by atoms with van der Waals surface area (Å²) in [6.07, 6.45) is -4.53. The fourth-order valence-corrected chi connectivity index (χ4v) is 2.35. The largest absolute Gasteiger partial charge is 0.465 e. The Labute approximate surface area is 129 Å². The molecule has 0 radical (unpaired) electrons. The van der Waals surface area contributed by atoms with Crippen molar-refractivity contribution < 1.29 is 22.7 Å². The average Bonchev–Trinajstić information content (AvgIpc) is 2.33. The highest BCUT2D eigenvalue weighted by molar-refractivity contribution is 5.92. The molecule has 0 aliphatic rings. The first-order valence-electron chi connectivity index (χ1n) is 7.04. The molecule has 0 aliphatic carbocycles. The summed E-state index contributed by atoms with van der Waals surface area (Å²) in [6.45, 7) is 10.7. The molecule has 0 atom stereocenters. The Kier molecular flexibility index (Phi) is 4.71. The maximum absolute atomic E-state index is 13.4. The molecule has 0 aliphatic heterocycles. The van der Waals surface area contributed by atoms with Crippen LogP contribution in [-0.2, 0) is 21.7 Å². The lowest BCUT2D eigenvalue weighted by Crippen LogP contribution is -2.25. The quantitative estimate of drug-likeness (QED) is 0.675. The Balaban J connectivity index is 3.85. The van der Waals surface area contributed by atoms with Crippen molar-refractivity contribution in [1.82, 2.24) is 0 Å². The average molecular weight is 316 g/mol. The van der Waals surface area contributed by atoms with E-state index in [9.17, 15) is 18.0 Å². The van der Waals surface area contributed by atoms with Crippen molar-refractivity contribution in [3.8, 4) is 0 Å². The van der Waals surface area contributed by atoms with E-state index in [4.69, 9.17) is 0 Å². The molecule has 0 heterocycles. The standard InChI is InChI=1S/C17H23F3O2/c1-15(2,3)11-9-12(16(4,5)6)13(17(18,19)20)8-10(11)14(21)22-7/h8-9H,1-7H3. The van der Waals surface area contributed by atoms with Gasteiger partial charge in [-0.15, -0.1) is 0 Å². The number of halogens is 3. The van der Waals surface area contributed by atoms with Crippen LogP contribution in [0.5, 0.6) is 0 Å². The number of alkyl halides is 3. The van der Waals surface area contributed by atoms with E-state index in [2.05, 4.69) is 4.74 Å². The number of rotatable bonds is 1. The van der Waals surface area contributed by atoms with Gasteiger partial charge in [0, 0.05) is 0 Å². The van der Waals surface area contributed by atoms with E-state index in [0.717, 1.165) is 6.07 Å². The van der Waals surface area contributed by atoms with Crippen LogP contribution in [0.4, 0.5) is 13.2 Å². The zero-order valence-corrected chi connectivity index (χ0v) is 14.1. The van der Waals surface area contributed by atoms with Crippen LogP contribution >= 0.6 is 0 Å². The molecule has 0 bridgehead atoms. The Morgan fingerprint density at radius 1 is 0.864 bits per heavy atom. The molecule has 0 aromatic heterocycles. The predicted molar refractivity (Wildman–Crippen MR) is 80.2 cm³/mol. The third-order valence-electron chi connectivity index (χ3n) is 3.48. The summed E-state index contributed by atoms with van der Waals surface area (Å²) >= 11 is 0. The summed E-state index contributed by atoms with van der Waals surface area (Å²) < 4.78 is 44.9. The molecule has 2 nitrogen and oxygen atoms in total. The molecule has 0 spiro atoms. The van der Waals surface area contributed by atoms with Gasteiger partial charge in [-0.3, -0.25) is 0 Å². The molecule has 0 saturated heterocycles. The Hall–Kier alpha value is -1.52. The van der Waals surface area contributed by atoms with Crippen molar-refractivity contribution in [3.05, 3.63) is 34.4 Å². The number of carbonyl (C=O) groups is 1. The maximum atomic E-state index is 13.4. The fraction of sp³-hybridized carbons (Fsp3) is 0.588. The van der Waals surface area contributed by atoms with E-state index in [0.29, 0.717) is 5.56 Å². The van der Waals surface area contributed by atoms with Crippen molar-refractivity contribution in [2.75, 3.05) is 7.11 Å². The van der Waals surface area contributed by atoms with E-state index in [1.54, 1.807) is 20.8 Å². The summed E-state index contributed by atoms with van der Waals surface area (Å²) in [5, 5.41) is 0. The van der Waals surface area contributed by atoms with E-state index in [1.165, 1.54) is 13.2 Å². The molecular formula is C17H23F3O2. The summed E-state index contributed by atoms with van der Waals surface area (Å²) in [6, 6.07) is 2.42. The van der Waals surface area contributed by atoms with E-state index < -0.39 is 28.5 Å². The first kappa shape index (κ1) is 18.5. The highest BCUT2D eigenvalue weighted by Crippen LogP contribution is 2.41. The summed E-state index contributed by atoms with van der Waals surface area (Å²) in [5.41, 5.74) is -1.26. The van der Waals surface area contributed by atoms with Crippen molar-refractivity contribution in [2.45, 2.75) is 58.5 Å². The van der Waals surface area contributed by atoms with Crippen molar-refractivity contribution >= 4 is 5.97 Å².